The molecule has 0 spiro atoms. The van der Waals surface area contributed by atoms with Gasteiger partial charge in [-0.05, 0) is 61.7 Å². The normalized spacial score (nSPS) is 11.8. The van der Waals surface area contributed by atoms with Crippen molar-refractivity contribution in [1.82, 2.24) is 5.43 Å². The van der Waals surface area contributed by atoms with E-state index in [0.29, 0.717) is 17.1 Å². The van der Waals surface area contributed by atoms with Gasteiger partial charge in [-0.2, -0.15) is 5.10 Å². The van der Waals surface area contributed by atoms with E-state index in [1.807, 2.05) is 37.3 Å². The van der Waals surface area contributed by atoms with Crippen LogP contribution in [0.5, 0.6) is 0 Å². The Morgan fingerprint density at radius 3 is 2.16 bits per heavy atom. The summed E-state index contributed by atoms with van der Waals surface area (Å²) >= 11 is 5.95. The highest BCUT2D eigenvalue weighted by atomic mass is 35.5. The molecule has 0 saturated carbocycles. The van der Waals surface area contributed by atoms with Crippen molar-refractivity contribution in [3.8, 4) is 0 Å². The summed E-state index contributed by atoms with van der Waals surface area (Å²) in [6, 6.07) is 24.2. The van der Waals surface area contributed by atoms with E-state index < -0.39 is 22.5 Å². The molecule has 0 aliphatic heterocycles. The minimum absolute atomic E-state index is 0.0882. The van der Waals surface area contributed by atoms with Crippen molar-refractivity contribution in [2.45, 2.75) is 24.7 Å². The molecular formula is C24H24ClN3O3S. The minimum Gasteiger partial charge on any atom is -0.271 e. The highest BCUT2D eigenvalue weighted by Crippen LogP contribution is 2.25. The first-order valence-corrected chi connectivity index (χ1v) is 11.9. The van der Waals surface area contributed by atoms with E-state index in [1.165, 1.54) is 17.7 Å². The number of sulfonamides is 1. The molecule has 0 atom stereocenters. The molecule has 0 heterocycles. The molecule has 0 unspecified atom stereocenters. The van der Waals surface area contributed by atoms with Gasteiger partial charge in [0, 0.05) is 10.7 Å². The van der Waals surface area contributed by atoms with Gasteiger partial charge in [-0.3, -0.25) is 9.10 Å². The Balaban J connectivity index is 1.73. The maximum Gasteiger partial charge on any atom is 0.264 e. The third-order valence-electron chi connectivity index (χ3n) is 4.72. The van der Waals surface area contributed by atoms with E-state index in [1.54, 1.807) is 42.5 Å². The zero-order chi connectivity index (χ0) is 23.0. The summed E-state index contributed by atoms with van der Waals surface area (Å²) in [6.45, 7) is 1.40. The number of carbonyl (C=O) groups is 1. The number of nitrogens with zero attached hydrogens (tertiary/aromatic N) is 2. The molecule has 166 valence electrons. The first-order chi connectivity index (χ1) is 15.4. The fraction of sp³-hybridized carbons (Fsp3) is 0.167. The molecule has 0 bridgehead atoms. The summed E-state index contributed by atoms with van der Waals surface area (Å²) in [7, 11) is -3.97. The quantitative estimate of drug-likeness (QED) is 0.365. The summed E-state index contributed by atoms with van der Waals surface area (Å²) in [5, 5.41) is 4.60. The van der Waals surface area contributed by atoms with Crippen LogP contribution < -0.4 is 9.73 Å². The third kappa shape index (κ3) is 6.42. The van der Waals surface area contributed by atoms with Gasteiger partial charge in [0.05, 0.1) is 10.6 Å². The standard InChI is InChI=1S/C24H24ClN3O3S/c1-19(12-13-20-8-4-2-5-9-20)26-27-24(29)18-28(22-16-14-21(25)15-17-22)32(30,31)23-10-6-3-7-11-23/h2-11,14-17H,12-13,18H2,1H3,(H,27,29)/b26-19-. The maximum absolute atomic E-state index is 13.2. The van der Waals surface area contributed by atoms with Crippen LogP contribution in [0.15, 0.2) is 94.9 Å². The number of aryl methyl sites for hydroxylation is 1. The van der Waals surface area contributed by atoms with Crippen LogP contribution in [0.4, 0.5) is 5.69 Å². The van der Waals surface area contributed by atoms with Crippen LogP contribution in [0.25, 0.3) is 0 Å². The molecule has 0 aliphatic rings. The van der Waals surface area contributed by atoms with Gasteiger partial charge in [-0.1, -0.05) is 60.1 Å². The molecule has 3 aromatic carbocycles. The second kappa shape index (κ2) is 10.9. The minimum atomic E-state index is -3.97. The Bertz CT molecular complexity index is 1170. The van der Waals surface area contributed by atoms with Crippen LogP contribution in [0, 0.1) is 0 Å². The van der Waals surface area contributed by atoms with Gasteiger partial charge in [0.2, 0.25) is 0 Å². The number of nitrogens with one attached hydrogen (secondary N) is 1. The Labute approximate surface area is 193 Å². The average Bonchev–Trinajstić information content (AvgIpc) is 2.81. The number of hydrogen-bond donors (Lipinski definition) is 1. The number of carbonyl (C=O) groups excluding carboxylic acids is 1. The van der Waals surface area contributed by atoms with Crippen molar-refractivity contribution in [2.24, 2.45) is 5.10 Å². The van der Waals surface area contributed by atoms with Crippen LogP contribution in [0.3, 0.4) is 0 Å². The first kappa shape index (κ1) is 23.5. The zero-order valence-corrected chi connectivity index (χ0v) is 19.2. The topological polar surface area (TPSA) is 78.8 Å². The van der Waals surface area contributed by atoms with Gasteiger partial charge in [-0.15, -0.1) is 0 Å². The molecular weight excluding hydrogens is 446 g/mol. The summed E-state index contributed by atoms with van der Waals surface area (Å²) in [4.78, 5) is 12.7. The van der Waals surface area contributed by atoms with E-state index in [2.05, 4.69) is 10.5 Å². The predicted octanol–water partition coefficient (Wildman–Crippen LogP) is 4.66. The van der Waals surface area contributed by atoms with Gasteiger partial charge in [-0.25, -0.2) is 13.8 Å². The summed E-state index contributed by atoms with van der Waals surface area (Å²) in [6.07, 6.45) is 1.47. The second-order valence-electron chi connectivity index (χ2n) is 7.17. The molecule has 6 nitrogen and oxygen atoms in total. The molecule has 3 rings (SSSR count). The van der Waals surface area contributed by atoms with Gasteiger partial charge >= 0.3 is 0 Å². The van der Waals surface area contributed by atoms with E-state index in [4.69, 9.17) is 11.6 Å². The SMILES string of the molecule is C/C(CCc1ccccc1)=N/NC(=O)CN(c1ccc(Cl)cc1)S(=O)(=O)c1ccccc1. The fourth-order valence-electron chi connectivity index (χ4n) is 2.99. The highest BCUT2D eigenvalue weighted by molar-refractivity contribution is 7.92. The Morgan fingerprint density at radius 1 is 0.938 bits per heavy atom. The van der Waals surface area contributed by atoms with E-state index in [-0.39, 0.29) is 4.90 Å². The van der Waals surface area contributed by atoms with Crippen LogP contribution >= 0.6 is 11.6 Å². The highest BCUT2D eigenvalue weighted by Gasteiger charge is 2.27. The smallest absolute Gasteiger partial charge is 0.264 e. The number of halogens is 1. The lowest BCUT2D eigenvalue weighted by molar-refractivity contribution is -0.119. The largest absolute Gasteiger partial charge is 0.271 e. The van der Waals surface area contributed by atoms with Crippen LogP contribution in [0.1, 0.15) is 18.9 Å². The molecule has 3 aromatic rings. The van der Waals surface area contributed by atoms with E-state index >= 15 is 0 Å². The lowest BCUT2D eigenvalue weighted by Crippen LogP contribution is -2.39. The van der Waals surface area contributed by atoms with Gasteiger partial charge < -0.3 is 0 Å². The van der Waals surface area contributed by atoms with Gasteiger partial charge in [0.15, 0.2) is 0 Å². The van der Waals surface area contributed by atoms with Crippen LogP contribution in [0.2, 0.25) is 5.02 Å². The third-order valence-corrected chi connectivity index (χ3v) is 6.76. The number of hydrazone groups is 1. The molecule has 0 saturated heterocycles. The second-order valence-corrected chi connectivity index (χ2v) is 9.47. The number of anilines is 1. The van der Waals surface area contributed by atoms with Crippen molar-refractivity contribution in [3.63, 3.8) is 0 Å². The molecule has 1 N–H and O–H groups in total. The number of amides is 1. The Kier molecular flexibility index (Phi) is 8.03. The predicted molar refractivity (Wildman–Crippen MR) is 128 cm³/mol. The average molecular weight is 470 g/mol. The van der Waals surface area contributed by atoms with Crippen LogP contribution in [-0.4, -0.2) is 26.6 Å². The summed E-state index contributed by atoms with van der Waals surface area (Å²) < 4.78 is 27.5. The lowest BCUT2D eigenvalue weighted by Gasteiger charge is -2.23. The molecule has 8 heteroatoms. The molecule has 0 aromatic heterocycles. The fourth-order valence-corrected chi connectivity index (χ4v) is 4.56. The number of rotatable bonds is 9. The van der Waals surface area contributed by atoms with Crippen molar-refractivity contribution in [2.75, 3.05) is 10.8 Å². The number of benzene rings is 3. The maximum atomic E-state index is 13.2. The number of hydrogen-bond acceptors (Lipinski definition) is 4. The summed E-state index contributed by atoms with van der Waals surface area (Å²) in [5.41, 5.74) is 4.72. The van der Waals surface area contributed by atoms with Crippen molar-refractivity contribution >= 4 is 38.9 Å². The molecule has 32 heavy (non-hydrogen) atoms. The van der Waals surface area contributed by atoms with Gasteiger partial charge in [0.25, 0.3) is 15.9 Å². The van der Waals surface area contributed by atoms with Crippen molar-refractivity contribution < 1.29 is 13.2 Å². The zero-order valence-electron chi connectivity index (χ0n) is 17.6. The Morgan fingerprint density at radius 2 is 1.53 bits per heavy atom. The lowest BCUT2D eigenvalue weighted by atomic mass is 10.1. The van der Waals surface area contributed by atoms with Crippen LogP contribution in [-0.2, 0) is 21.2 Å². The summed E-state index contributed by atoms with van der Waals surface area (Å²) in [5.74, 6) is -0.543. The van der Waals surface area contributed by atoms with Crippen molar-refractivity contribution in [3.05, 3.63) is 95.5 Å². The van der Waals surface area contributed by atoms with Crippen molar-refractivity contribution in [1.29, 1.82) is 0 Å². The molecule has 0 aliphatic carbocycles. The monoisotopic (exact) mass is 469 g/mol. The van der Waals surface area contributed by atoms with E-state index in [9.17, 15) is 13.2 Å². The van der Waals surface area contributed by atoms with Gasteiger partial charge in [0.1, 0.15) is 6.54 Å². The molecule has 0 radical (unpaired) electrons. The molecule has 1 amide bonds. The first-order valence-electron chi connectivity index (χ1n) is 10.1. The van der Waals surface area contributed by atoms with E-state index in [0.717, 1.165) is 16.4 Å². The Hall–Kier alpha value is -3.16. The molecule has 0 fully saturated rings.